The minimum atomic E-state index is -3.79. The van der Waals surface area contributed by atoms with Crippen LogP contribution in [0.15, 0.2) is 28.0 Å². The lowest BCUT2D eigenvalue weighted by Crippen LogP contribution is -2.57. The Morgan fingerprint density at radius 2 is 1.84 bits per heavy atom. The van der Waals surface area contributed by atoms with Crippen LogP contribution in [0.25, 0.3) is 0 Å². The monoisotopic (exact) mass is 324 g/mol. The molecular formula is C10H13ClN2O4S2. The number of benzene rings is 1. The molecule has 9 heteroatoms. The fourth-order valence-corrected chi connectivity index (χ4v) is 4.49. The molecule has 2 rings (SSSR count). The molecule has 0 aromatic heterocycles. The smallest absolute Gasteiger partial charge is 0.244 e. The number of hydrogen-bond donors (Lipinski definition) is 1. The molecule has 1 saturated heterocycles. The molecule has 0 aliphatic carbocycles. The number of rotatable bonds is 3. The van der Waals surface area contributed by atoms with Gasteiger partial charge in [-0.3, -0.25) is 0 Å². The predicted octanol–water partition coefficient (Wildman–Crippen LogP) is 0.0751. The molecule has 1 fully saturated rings. The van der Waals surface area contributed by atoms with Crippen LogP contribution in [0.4, 0.5) is 0 Å². The third-order valence-corrected chi connectivity index (χ3v) is 6.25. The van der Waals surface area contributed by atoms with Gasteiger partial charge in [-0.05, 0) is 18.2 Å². The zero-order valence-electron chi connectivity index (χ0n) is 10.1. The van der Waals surface area contributed by atoms with Crippen molar-refractivity contribution in [3.8, 4) is 0 Å². The lowest BCUT2D eigenvalue weighted by atomic mass is 10.2. The summed E-state index contributed by atoms with van der Waals surface area (Å²) in [4.78, 5) is -0.288. The van der Waals surface area contributed by atoms with Crippen LogP contribution >= 0.6 is 11.6 Å². The molecule has 0 bridgehead atoms. The molecule has 19 heavy (non-hydrogen) atoms. The van der Waals surface area contributed by atoms with Gasteiger partial charge in [0.15, 0.2) is 9.84 Å². The van der Waals surface area contributed by atoms with Crippen molar-refractivity contribution in [3.05, 3.63) is 23.2 Å². The van der Waals surface area contributed by atoms with Crippen molar-refractivity contribution >= 4 is 31.5 Å². The van der Waals surface area contributed by atoms with Gasteiger partial charge in [0.25, 0.3) is 0 Å². The maximum Gasteiger partial charge on any atom is 0.244 e. The van der Waals surface area contributed by atoms with Crippen LogP contribution in [-0.4, -0.2) is 46.5 Å². The molecule has 0 spiro atoms. The first-order chi connectivity index (χ1) is 8.62. The van der Waals surface area contributed by atoms with Gasteiger partial charge in [0, 0.05) is 25.4 Å². The first-order valence-electron chi connectivity index (χ1n) is 5.38. The second-order valence-corrected chi connectivity index (χ2v) is 8.78. The largest absolute Gasteiger partial charge is 0.325 e. The van der Waals surface area contributed by atoms with Crippen molar-refractivity contribution in [2.24, 2.45) is 5.73 Å². The average molecular weight is 325 g/mol. The molecule has 0 saturated carbocycles. The Labute approximate surface area is 117 Å². The standard InChI is InChI=1S/C10H13ClN2O4S2/c1-18(14,15)8-2-3-9(11)10(4-8)19(16,17)13-5-7(12)6-13/h2-4,7H,5-6,12H2,1H3. The minimum Gasteiger partial charge on any atom is -0.325 e. The average Bonchev–Trinajstić information content (AvgIpc) is 2.23. The van der Waals surface area contributed by atoms with Crippen LogP contribution in [0, 0.1) is 0 Å². The van der Waals surface area contributed by atoms with E-state index in [4.69, 9.17) is 17.3 Å². The molecule has 2 N–H and O–H groups in total. The Kier molecular flexibility index (Phi) is 3.65. The number of halogens is 1. The third kappa shape index (κ3) is 2.77. The van der Waals surface area contributed by atoms with Gasteiger partial charge in [-0.2, -0.15) is 4.31 Å². The first kappa shape index (κ1) is 14.7. The van der Waals surface area contributed by atoms with Gasteiger partial charge >= 0.3 is 0 Å². The van der Waals surface area contributed by atoms with Crippen LogP contribution in [0.1, 0.15) is 0 Å². The van der Waals surface area contributed by atoms with E-state index in [2.05, 4.69) is 0 Å². The van der Waals surface area contributed by atoms with Crippen molar-refractivity contribution < 1.29 is 16.8 Å². The molecule has 1 aliphatic rings. The van der Waals surface area contributed by atoms with Crippen LogP contribution in [0.3, 0.4) is 0 Å². The molecule has 6 nitrogen and oxygen atoms in total. The molecule has 1 aromatic carbocycles. The summed E-state index contributed by atoms with van der Waals surface area (Å²) in [6.07, 6.45) is 1.01. The lowest BCUT2D eigenvalue weighted by Gasteiger charge is -2.35. The van der Waals surface area contributed by atoms with Gasteiger partial charge in [-0.25, -0.2) is 16.8 Å². The third-order valence-electron chi connectivity index (χ3n) is 2.82. The van der Waals surface area contributed by atoms with Crippen molar-refractivity contribution in [1.29, 1.82) is 0 Å². The summed E-state index contributed by atoms with van der Waals surface area (Å²) in [5.74, 6) is 0. The summed E-state index contributed by atoms with van der Waals surface area (Å²) in [7, 11) is -7.29. The van der Waals surface area contributed by atoms with Gasteiger partial charge < -0.3 is 5.73 Å². The number of sulfonamides is 1. The minimum absolute atomic E-state index is 0.00660. The van der Waals surface area contributed by atoms with E-state index >= 15 is 0 Å². The summed E-state index contributed by atoms with van der Waals surface area (Å²) in [5.41, 5.74) is 5.55. The second-order valence-electron chi connectivity index (χ2n) is 4.45. The van der Waals surface area contributed by atoms with E-state index in [0.29, 0.717) is 0 Å². The Hall–Kier alpha value is -0.670. The van der Waals surface area contributed by atoms with E-state index < -0.39 is 19.9 Å². The second kappa shape index (κ2) is 4.71. The van der Waals surface area contributed by atoms with Gasteiger partial charge in [0.2, 0.25) is 10.0 Å². The summed E-state index contributed by atoms with van der Waals surface area (Å²) in [6, 6.07) is 3.44. The van der Waals surface area contributed by atoms with Crippen molar-refractivity contribution in [2.75, 3.05) is 19.3 Å². The number of nitrogens with two attached hydrogens (primary N) is 1. The van der Waals surface area contributed by atoms with Gasteiger partial charge in [-0.1, -0.05) is 11.6 Å². The Morgan fingerprint density at radius 1 is 1.26 bits per heavy atom. The van der Waals surface area contributed by atoms with E-state index in [0.717, 1.165) is 12.3 Å². The Morgan fingerprint density at radius 3 is 2.32 bits per heavy atom. The Bertz CT molecular complexity index is 709. The Balaban J connectivity index is 2.50. The van der Waals surface area contributed by atoms with Gasteiger partial charge in [0.1, 0.15) is 4.90 Å². The SMILES string of the molecule is CS(=O)(=O)c1ccc(Cl)c(S(=O)(=O)N2CC(N)C2)c1. The summed E-state index contributed by atoms with van der Waals surface area (Å²) in [5, 5.41) is -0.00660. The normalized spacial score (nSPS) is 18.3. The van der Waals surface area contributed by atoms with Crippen LogP contribution < -0.4 is 5.73 Å². The highest BCUT2D eigenvalue weighted by molar-refractivity contribution is 7.91. The number of nitrogens with zero attached hydrogens (tertiary/aromatic N) is 1. The van der Waals surface area contributed by atoms with E-state index in [1.807, 2.05) is 0 Å². The summed E-state index contributed by atoms with van der Waals surface area (Å²) >= 11 is 5.86. The van der Waals surface area contributed by atoms with Crippen molar-refractivity contribution in [3.63, 3.8) is 0 Å². The number of hydrogen-bond acceptors (Lipinski definition) is 5. The molecule has 0 radical (unpaired) electrons. The zero-order chi connectivity index (χ0) is 14.4. The van der Waals surface area contributed by atoms with E-state index in [1.165, 1.54) is 16.4 Å². The lowest BCUT2D eigenvalue weighted by molar-refractivity contribution is 0.265. The number of sulfone groups is 1. The van der Waals surface area contributed by atoms with Gasteiger partial charge in [-0.15, -0.1) is 0 Å². The van der Waals surface area contributed by atoms with Crippen LogP contribution in [0.5, 0.6) is 0 Å². The maximum absolute atomic E-state index is 12.3. The van der Waals surface area contributed by atoms with E-state index in [-0.39, 0.29) is 33.9 Å². The fraction of sp³-hybridized carbons (Fsp3) is 0.400. The zero-order valence-corrected chi connectivity index (χ0v) is 12.5. The highest BCUT2D eigenvalue weighted by atomic mass is 35.5. The fourth-order valence-electron chi connectivity index (χ4n) is 1.72. The summed E-state index contributed by atoms with van der Waals surface area (Å²) in [6.45, 7) is 0.420. The molecule has 1 aliphatic heterocycles. The molecule has 0 unspecified atom stereocenters. The molecule has 0 amide bonds. The predicted molar refractivity (Wildman–Crippen MR) is 71.3 cm³/mol. The molecular weight excluding hydrogens is 312 g/mol. The molecule has 0 atom stereocenters. The molecule has 106 valence electrons. The molecule has 1 heterocycles. The molecule has 1 aromatic rings. The summed E-state index contributed by atoms with van der Waals surface area (Å²) < 4.78 is 48.6. The highest BCUT2D eigenvalue weighted by Gasteiger charge is 2.36. The quantitative estimate of drug-likeness (QED) is 0.849. The van der Waals surface area contributed by atoms with E-state index in [9.17, 15) is 16.8 Å². The van der Waals surface area contributed by atoms with E-state index in [1.54, 1.807) is 0 Å². The van der Waals surface area contributed by atoms with Crippen molar-refractivity contribution in [1.82, 2.24) is 4.31 Å². The maximum atomic E-state index is 12.3. The first-order valence-corrected chi connectivity index (χ1v) is 9.08. The van der Waals surface area contributed by atoms with Crippen molar-refractivity contribution in [2.45, 2.75) is 15.8 Å². The topological polar surface area (TPSA) is 97.5 Å². The van der Waals surface area contributed by atoms with Crippen LogP contribution in [0.2, 0.25) is 5.02 Å². The van der Waals surface area contributed by atoms with Crippen LogP contribution in [-0.2, 0) is 19.9 Å². The van der Waals surface area contributed by atoms with Gasteiger partial charge in [0.05, 0.1) is 9.92 Å². The highest BCUT2D eigenvalue weighted by Crippen LogP contribution is 2.29.